The Balaban J connectivity index is 1.64. The SMILES string of the molecule is CCCCN1C(=O)CCc2cc(NC(=O)COc3cc(C)ccc3C)ccc21. The van der Waals surface area contributed by atoms with Gasteiger partial charge in [-0.05, 0) is 67.6 Å². The van der Waals surface area contributed by atoms with Gasteiger partial charge in [-0.3, -0.25) is 9.59 Å². The minimum atomic E-state index is -0.199. The number of nitrogens with zero attached hydrogens (tertiary/aromatic N) is 1. The highest BCUT2D eigenvalue weighted by atomic mass is 16.5. The quantitative estimate of drug-likeness (QED) is 0.774. The lowest BCUT2D eigenvalue weighted by atomic mass is 10.00. The third-order valence-corrected chi connectivity index (χ3v) is 5.00. The van der Waals surface area contributed by atoms with Crippen LogP contribution in [0, 0.1) is 13.8 Å². The van der Waals surface area contributed by atoms with Gasteiger partial charge in [0, 0.05) is 24.3 Å². The molecule has 1 N–H and O–H groups in total. The molecule has 0 fully saturated rings. The van der Waals surface area contributed by atoms with E-state index in [4.69, 9.17) is 4.74 Å². The Kier molecular flexibility index (Phi) is 6.34. The van der Waals surface area contributed by atoms with E-state index in [9.17, 15) is 9.59 Å². The molecule has 0 spiro atoms. The summed E-state index contributed by atoms with van der Waals surface area (Å²) in [6.07, 6.45) is 3.26. The Bertz CT molecular complexity index is 876. The first-order valence-electron chi connectivity index (χ1n) is 9.91. The number of hydrogen-bond donors (Lipinski definition) is 1. The summed E-state index contributed by atoms with van der Waals surface area (Å²) < 4.78 is 5.67. The molecule has 0 unspecified atom stereocenters. The van der Waals surface area contributed by atoms with E-state index in [1.165, 1.54) is 0 Å². The molecule has 0 bridgehead atoms. The van der Waals surface area contributed by atoms with E-state index in [0.717, 1.165) is 53.2 Å². The van der Waals surface area contributed by atoms with E-state index in [1.807, 2.05) is 55.1 Å². The van der Waals surface area contributed by atoms with Crippen molar-refractivity contribution in [3.05, 3.63) is 53.1 Å². The molecule has 0 atom stereocenters. The minimum absolute atomic E-state index is 0.0392. The lowest BCUT2D eigenvalue weighted by Gasteiger charge is -2.29. The number of rotatable bonds is 7. The molecule has 0 aromatic heterocycles. The van der Waals surface area contributed by atoms with E-state index >= 15 is 0 Å². The summed E-state index contributed by atoms with van der Waals surface area (Å²) in [6, 6.07) is 11.7. The number of fused-ring (bicyclic) bond motifs is 1. The van der Waals surface area contributed by atoms with E-state index in [1.54, 1.807) is 0 Å². The zero-order valence-electron chi connectivity index (χ0n) is 16.9. The summed E-state index contributed by atoms with van der Waals surface area (Å²) >= 11 is 0. The van der Waals surface area contributed by atoms with Crippen LogP contribution in [-0.4, -0.2) is 25.0 Å². The van der Waals surface area contributed by atoms with Crippen molar-refractivity contribution in [3.8, 4) is 5.75 Å². The second-order valence-electron chi connectivity index (χ2n) is 7.35. The minimum Gasteiger partial charge on any atom is -0.483 e. The summed E-state index contributed by atoms with van der Waals surface area (Å²) in [5, 5.41) is 2.90. The van der Waals surface area contributed by atoms with Gasteiger partial charge in [0.1, 0.15) is 5.75 Å². The first kappa shape index (κ1) is 19.9. The van der Waals surface area contributed by atoms with Crippen LogP contribution in [-0.2, 0) is 16.0 Å². The number of anilines is 2. The molecule has 0 radical (unpaired) electrons. The van der Waals surface area contributed by atoms with Gasteiger partial charge in [0.05, 0.1) is 0 Å². The Hall–Kier alpha value is -2.82. The van der Waals surface area contributed by atoms with Crippen LogP contribution in [0.5, 0.6) is 5.75 Å². The molecule has 5 heteroatoms. The summed E-state index contributed by atoms with van der Waals surface area (Å²) in [6.45, 7) is 6.78. The van der Waals surface area contributed by atoms with Gasteiger partial charge in [0.25, 0.3) is 5.91 Å². The predicted octanol–water partition coefficient (Wildman–Crippen LogP) is 4.40. The van der Waals surface area contributed by atoms with Crippen molar-refractivity contribution in [2.24, 2.45) is 0 Å². The van der Waals surface area contributed by atoms with Crippen LogP contribution in [0.15, 0.2) is 36.4 Å². The van der Waals surface area contributed by atoms with Crippen LogP contribution in [0.4, 0.5) is 11.4 Å². The fourth-order valence-corrected chi connectivity index (χ4v) is 3.40. The van der Waals surface area contributed by atoms with Crippen LogP contribution in [0.3, 0.4) is 0 Å². The van der Waals surface area contributed by atoms with Crippen molar-refractivity contribution in [2.45, 2.75) is 46.5 Å². The van der Waals surface area contributed by atoms with Crippen molar-refractivity contribution in [1.29, 1.82) is 0 Å². The normalized spacial score (nSPS) is 13.2. The van der Waals surface area contributed by atoms with Gasteiger partial charge in [-0.15, -0.1) is 0 Å². The second-order valence-corrected chi connectivity index (χ2v) is 7.35. The lowest BCUT2D eigenvalue weighted by molar-refractivity contribution is -0.119. The summed E-state index contributed by atoms with van der Waals surface area (Å²) in [7, 11) is 0. The number of hydrogen-bond acceptors (Lipinski definition) is 3. The summed E-state index contributed by atoms with van der Waals surface area (Å²) in [5.74, 6) is 0.709. The molecule has 5 nitrogen and oxygen atoms in total. The van der Waals surface area contributed by atoms with Gasteiger partial charge in [0.2, 0.25) is 5.91 Å². The maximum atomic E-state index is 12.3. The number of carbonyl (C=O) groups excluding carboxylic acids is 2. The van der Waals surface area contributed by atoms with E-state index in [2.05, 4.69) is 12.2 Å². The molecule has 0 aliphatic carbocycles. The van der Waals surface area contributed by atoms with Crippen LogP contribution < -0.4 is 15.0 Å². The average Bonchev–Trinajstić information content (AvgIpc) is 2.68. The second kappa shape index (κ2) is 8.91. The average molecular weight is 380 g/mol. The molecule has 148 valence electrons. The number of aryl methyl sites for hydroxylation is 3. The Morgan fingerprint density at radius 3 is 2.75 bits per heavy atom. The van der Waals surface area contributed by atoms with E-state index in [0.29, 0.717) is 12.8 Å². The maximum Gasteiger partial charge on any atom is 0.262 e. The fourth-order valence-electron chi connectivity index (χ4n) is 3.40. The standard InChI is InChI=1S/C23H28N2O3/c1-4-5-12-25-20-10-9-19(14-18(20)8-11-23(25)27)24-22(26)15-28-21-13-16(2)6-7-17(21)3/h6-7,9-10,13-14H,4-5,8,11-12,15H2,1-3H3,(H,24,26). The molecule has 2 aromatic carbocycles. The first-order chi connectivity index (χ1) is 13.5. The zero-order chi connectivity index (χ0) is 20.1. The third-order valence-electron chi connectivity index (χ3n) is 5.00. The van der Waals surface area contributed by atoms with Gasteiger partial charge in [-0.25, -0.2) is 0 Å². The number of unbranched alkanes of at least 4 members (excludes halogenated alkanes) is 1. The molecular weight excluding hydrogens is 352 g/mol. The Morgan fingerprint density at radius 2 is 1.96 bits per heavy atom. The summed E-state index contributed by atoms with van der Waals surface area (Å²) in [4.78, 5) is 26.4. The molecule has 1 heterocycles. The fraction of sp³-hybridized carbons (Fsp3) is 0.391. The van der Waals surface area contributed by atoms with Crippen molar-refractivity contribution in [2.75, 3.05) is 23.4 Å². The van der Waals surface area contributed by atoms with Gasteiger partial charge in [-0.1, -0.05) is 25.5 Å². The van der Waals surface area contributed by atoms with Crippen molar-refractivity contribution >= 4 is 23.2 Å². The van der Waals surface area contributed by atoms with Gasteiger partial charge >= 0.3 is 0 Å². The molecule has 28 heavy (non-hydrogen) atoms. The highest BCUT2D eigenvalue weighted by Gasteiger charge is 2.23. The van der Waals surface area contributed by atoms with Gasteiger partial charge in [0.15, 0.2) is 6.61 Å². The molecule has 0 saturated carbocycles. The monoisotopic (exact) mass is 380 g/mol. The molecule has 0 saturated heterocycles. The van der Waals surface area contributed by atoms with E-state index < -0.39 is 0 Å². The zero-order valence-corrected chi connectivity index (χ0v) is 16.9. The number of carbonyl (C=O) groups is 2. The van der Waals surface area contributed by atoms with Crippen LogP contribution >= 0.6 is 0 Å². The molecule has 2 amide bonds. The highest BCUT2D eigenvalue weighted by molar-refractivity contribution is 5.97. The number of benzene rings is 2. The van der Waals surface area contributed by atoms with Crippen molar-refractivity contribution < 1.29 is 14.3 Å². The third kappa shape index (κ3) is 4.71. The van der Waals surface area contributed by atoms with Gasteiger partial charge < -0.3 is 15.0 Å². The molecule has 2 aromatic rings. The Morgan fingerprint density at radius 1 is 1.14 bits per heavy atom. The number of ether oxygens (including phenoxy) is 1. The van der Waals surface area contributed by atoms with E-state index in [-0.39, 0.29) is 18.4 Å². The van der Waals surface area contributed by atoms with Crippen molar-refractivity contribution in [1.82, 2.24) is 0 Å². The Labute approximate surface area is 166 Å². The van der Waals surface area contributed by atoms with Crippen molar-refractivity contribution in [3.63, 3.8) is 0 Å². The van der Waals surface area contributed by atoms with Crippen LogP contribution in [0.1, 0.15) is 42.9 Å². The topological polar surface area (TPSA) is 58.6 Å². The van der Waals surface area contributed by atoms with Gasteiger partial charge in [-0.2, -0.15) is 0 Å². The smallest absolute Gasteiger partial charge is 0.262 e. The first-order valence-corrected chi connectivity index (χ1v) is 9.91. The van der Waals surface area contributed by atoms with Crippen LogP contribution in [0.25, 0.3) is 0 Å². The molecule has 1 aliphatic heterocycles. The highest BCUT2D eigenvalue weighted by Crippen LogP contribution is 2.30. The maximum absolute atomic E-state index is 12.3. The van der Waals surface area contributed by atoms with Crippen LogP contribution in [0.2, 0.25) is 0 Å². The number of nitrogens with one attached hydrogen (secondary N) is 1. The molecule has 3 rings (SSSR count). The summed E-state index contributed by atoms with van der Waals surface area (Å²) in [5.41, 5.74) is 4.90. The largest absolute Gasteiger partial charge is 0.483 e. The molecule has 1 aliphatic rings. The lowest BCUT2D eigenvalue weighted by Crippen LogP contribution is -2.35. The number of amides is 2. The molecular formula is C23H28N2O3. The predicted molar refractivity (Wildman–Crippen MR) is 112 cm³/mol.